The van der Waals surface area contributed by atoms with Crippen molar-refractivity contribution in [2.75, 3.05) is 18.6 Å². The van der Waals surface area contributed by atoms with Crippen LogP contribution in [0, 0.1) is 50.3 Å². The summed E-state index contributed by atoms with van der Waals surface area (Å²) in [6, 6.07) is 19.6. The fourth-order valence-corrected chi connectivity index (χ4v) is 9.85. The number of benzene rings is 2. The minimum Gasteiger partial charge on any atom is -0.475 e. The van der Waals surface area contributed by atoms with Crippen molar-refractivity contribution in [3.63, 3.8) is 0 Å². The number of aromatic nitrogens is 3. The van der Waals surface area contributed by atoms with Crippen molar-refractivity contribution in [2.24, 2.45) is 16.7 Å². The Balaban J connectivity index is 0.00000450. The topological polar surface area (TPSA) is 71.5 Å². The number of halogens is 1. The van der Waals surface area contributed by atoms with Gasteiger partial charge in [-0.15, -0.1) is 0 Å². The van der Waals surface area contributed by atoms with Crippen LogP contribution in [0.5, 0.6) is 5.88 Å². The normalized spacial score (nSPS) is 23.0. The van der Waals surface area contributed by atoms with Crippen LogP contribution in [0.3, 0.4) is 0 Å². The summed E-state index contributed by atoms with van der Waals surface area (Å²) in [5.41, 5.74) is 6.22. The van der Waals surface area contributed by atoms with E-state index in [-0.39, 0.29) is 43.1 Å². The Morgan fingerprint density at radius 3 is 2.26 bits per heavy atom. The molecule has 1 unspecified atom stereocenters. The molecule has 53 heavy (non-hydrogen) atoms. The number of hydrogen-bond acceptors (Lipinski definition) is 6. The number of aryl methyl sites for hydroxylation is 4. The first-order valence-corrected chi connectivity index (χ1v) is 19.5. The van der Waals surface area contributed by atoms with Crippen LogP contribution in [0.4, 0.5) is 10.2 Å². The number of ether oxygens (including phenoxy) is 1. The van der Waals surface area contributed by atoms with Gasteiger partial charge in [-0.25, -0.2) is 14.4 Å². The van der Waals surface area contributed by atoms with Crippen molar-refractivity contribution < 1.29 is 15.3 Å². The molecule has 9 rings (SSSR count). The van der Waals surface area contributed by atoms with Gasteiger partial charge in [-0.2, -0.15) is 4.98 Å². The smallest absolute Gasteiger partial charge is 0.254 e. The molecule has 0 saturated heterocycles. The van der Waals surface area contributed by atoms with E-state index in [2.05, 4.69) is 69.7 Å². The van der Waals surface area contributed by atoms with E-state index in [1.54, 1.807) is 6.07 Å². The molecule has 5 aliphatic carbocycles. The van der Waals surface area contributed by atoms with E-state index in [0.29, 0.717) is 40.8 Å². The molecule has 280 valence electrons. The quantitative estimate of drug-likeness (QED) is 0.154. The van der Waals surface area contributed by atoms with Crippen molar-refractivity contribution in [3.8, 4) is 17.1 Å². The van der Waals surface area contributed by atoms with E-state index < -0.39 is 5.54 Å². The molecule has 1 spiro atoms. The summed E-state index contributed by atoms with van der Waals surface area (Å²) in [5.74, 6) is 1.72. The van der Waals surface area contributed by atoms with Crippen LogP contribution in [0.25, 0.3) is 11.3 Å². The SMILES string of the molecule is Cc1cccc(C(=O)N([C@@H](COc2cc(-c3c(C)cccc3C)nc(C)n2)CC(C)(C)C)C23CC(C2)C3c2nc(N(C)C3CC4(CC4)C3)ccc2F)c1.[HH]. The highest BCUT2D eigenvalue weighted by Crippen LogP contribution is 2.70. The molecule has 2 aromatic carbocycles. The van der Waals surface area contributed by atoms with Crippen molar-refractivity contribution in [1.82, 2.24) is 19.9 Å². The van der Waals surface area contributed by atoms with E-state index in [1.165, 1.54) is 25.7 Å². The second-order valence-corrected chi connectivity index (χ2v) is 18.1. The Hall–Kier alpha value is -4.33. The molecule has 2 aromatic heterocycles. The molecule has 8 heteroatoms. The van der Waals surface area contributed by atoms with Crippen LogP contribution in [0.1, 0.15) is 112 Å². The van der Waals surface area contributed by atoms with Gasteiger partial charge in [0, 0.05) is 37.6 Å². The molecule has 2 bridgehead atoms. The lowest BCUT2D eigenvalue weighted by Gasteiger charge is -2.72. The first-order chi connectivity index (χ1) is 25.2. The molecular formula is C45H56FN5O2. The average molecular weight is 718 g/mol. The Kier molecular flexibility index (Phi) is 8.69. The van der Waals surface area contributed by atoms with Gasteiger partial charge in [0.25, 0.3) is 5.91 Å². The summed E-state index contributed by atoms with van der Waals surface area (Å²) >= 11 is 0. The molecule has 5 saturated carbocycles. The van der Waals surface area contributed by atoms with E-state index in [9.17, 15) is 0 Å². The number of nitrogens with zero attached hydrogens (tertiary/aromatic N) is 5. The number of amides is 1. The molecule has 2 atom stereocenters. The largest absolute Gasteiger partial charge is 0.475 e. The Bertz CT molecular complexity index is 2040. The lowest BCUT2D eigenvalue weighted by atomic mass is 9.40. The van der Waals surface area contributed by atoms with Crippen LogP contribution < -0.4 is 9.64 Å². The molecule has 0 radical (unpaired) electrons. The highest BCUT2D eigenvalue weighted by Gasteiger charge is 2.71. The van der Waals surface area contributed by atoms with E-state index in [4.69, 9.17) is 19.7 Å². The number of pyridine rings is 1. The minimum atomic E-state index is -0.560. The standard InChI is InChI=1S/C45H54FN5O2.H2/c1-27-11-9-14-31(19-27)42(52)51(34(23-43(5,6)7)26-53-38-20-36(47-30(4)48-38)39-28(2)12-10-13-29(39)3)45-21-32(22-45)40(45)41-35(46)15-16-37(49-41)50(8)33-24-44(25-33)17-18-44;/h9-16,19-20,32-34,40H,17-18,21-26H2,1-8H3;1H/t32?,34-,40?,45?;/m1./s1. The predicted octanol–water partition coefficient (Wildman–Crippen LogP) is 9.81. The highest BCUT2D eigenvalue weighted by atomic mass is 19.1. The van der Waals surface area contributed by atoms with Gasteiger partial charge < -0.3 is 14.5 Å². The van der Waals surface area contributed by atoms with Crippen LogP contribution >= 0.6 is 0 Å². The zero-order valence-electron chi connectivity index (χ0n) is 32.7. The summed E-state index contributed by atoms with van der Waals surface area (Å²) in [6.07, 6.45) is 7.40. The second kappa shape index (κ2) is 12.9. The number of carbonyl (C=O) groups is 1. The molecule has 4 aromatic rings. The maximum absolute atomic E-state index is 16.0. The van der Waals surface area contributed by atoms with Gasteiger partial charge in [-0.3, -0.25) is 4.79 Å². The number of hydrogen-bond donors (Lipinski definition) is 0. The van der Waals surface area contributed by atoms with Crippen LogP contribution in [0.15, 0.2) is 60.7 Å². The molecular weight excluding hydrogens is 662 g/mol. The van der Waals surface area contributed by atoms with E-state index in [0.717, 1.165) is 46.6 Å². The summed E-state index contributed by atoms with van der Waals surface area (Å²) in [5, 5.41) is 0. The summed E-state index contributed by atoms with van der Waals surface area (Å²) in [7, 11) is 2.10. The molecule has 2 heterocycles. The van der Waals surface area contributed by atoms with Crippen LogP contribution in [-0.2, 0) is 0 Å². The van der Waals surface area contributed by atoms with E-state index >= 15 is 9.18 Å². The van der Waals surface area contributed by atoms with Gasteiger partial charge >= 0.3 is 0 Å². The Labute approximate surface area is 315 Å². The third-order valence-corrected chi connectivity index (χ3v) is 12.8. The Morgan fingerprint density at radius 1 is 0.943 bits per heavy atom. The first kappa shape index (κ1) is 35.7. The van der Waals surface area contributed by atoms with Crippen molar-refractivity contribution in [1.29, 1.82) is 0 Å². The fourth-order valence-electron chi connectivity index (χ4n) is 9.85. The number of anilines is 1. The van der Waals surface area contributed by atoms with Gasteiger partial charge in [0.05, 0.1) is 23.0 Å². The van der Waals surface area contributed by atoms with Gasteiger partial charge in [-0.1, -0.05) is 56.7 Å². The lowest BCUT2D eigenvalue weighted by molar-refractivity contribution is -0.173. The summed E-state index contributed by atoms with van der Waals surface area (Å²) in [6.45, 7) is 14.9. The maximum atomic E-state index is 16.0. The summed E-state index contributed by atoms with van der Waals surface area (Å²) in [4.78, 5) is 34.0. The van der Waals surface area contributed by atoms with Gasteiger partial charge in [0.15, 0.2) is 0 Å². The maximum Gasteiger partial charge on any atom is 0.254 e. The second-order valence-electron chi connectivity index (χ2n) is 18.1. The third-order valence-electron chi connectivity index (χ3n) is 12.8. The predicted molar refractivity (Wildman–Crippen MR) is 210 cm³/mol. The first-order valence-electron chi connectivity index (χ1n) is 19.5. The van der Waals surface area contributed by atoms with Crippen molar-refractivity contribution in [2.45, 2.75) is 117 Å². The Morgan fingerprint density at radius 2 is 1.64 bits per heavy atom. The summed E-state index contributed by atoms with van der Waals surface area (Å²) < 4.78 is 22.7. The van der Waals surface area contributed by atoms with Crippen LogP contribution in [-0.4, -0.2) is 57.0 Å². The van der Waals surface area contributed by atoms with Crippen molar-refractivity contribution in [3.05, 3.63) is 100 Å². The van der Waals surface area contributed by atoms with Gasteiger partial charge in [-0.05, 0) is 125 Å². The molecule has 0 N–H and O–H groups in total. The van der Waals surface area contributed by atoms with Crippen LogP contribution in [0.2, 0.25) is 0 Å². The number of rotatable bonds is 11. The van der Waals surface area contributed by atoms with Crippen molar-refractivity contribution >= 4 is 11.7 Å². The van der Waals surface area contributed by atoms with Gasteiger partial charge in [0.1, 0.15) is 24.1 Å². The molecule has 5 aliphatic rings. The zero-order valence-corrected chi connectivity index (χ0v) is 32.7. The van der Waals surface area contributed by atoms with Gasteiger partial charge in [0.2, 0.25) is 5.88 Å². The highest BCUT2D eigenvalue weighted by molar-refractivity contribution is 5.95. The molecule has 7 nitrogen and oxygen atoms in total. The van der Waals surface area contributed by atoms with E-state index in [1.807, 2.05) is 50.2 Å². The molecule has 1 amide bonds. The molecule has 0 aliphatic heterocycles. The fraction of sp³-hybridized carbons (Fsp3) is 0.511. The minimum absolute atomic E-state index is 0. The number of carbonyl (C=O) groups excluding carboxylic acids is 1. The average Bonchev–Trinajstić information content (AvgIpc) is 3.85. The molecule has 5 fully saturated rings. The zero-order chi connectivity index (χ0) is 37.4. The monoisotopic (exact) mass is 717 g/mol. The third kappa shape index (κ3) is 6.50. The lowest BCUT2D eigenvalue weighted by Crippen LogP contribution is -2.77.